The third kappa shape index (κ3) is 5.29. The van der Waals surface area contributed by atoms with Gasteiger partial charge in [-0.3, -0.25) is 0 Å². The van der Waals surface area contributed by atoms with Crippen LogP contribution in [0.1, 0.15) is 69.5 Å². The summed E-state index contributed by atoms with van der Waals surface area (Å²) in [5, 5.41) is 0. The Balaban J connectivity index is 0.937. The zero-order chi connectivity index (χ0) is 49.1. The highest BCUT2D eigenvalue weighted by atomic mass is 79.9. The van der Waals surface area contributed by atoms with Crippen molar-refractivity contribution < 1.29 is 4.74 Å². The van der Waals surface area contributed by atoms with Gasteiger partial charge in [-0.05, 0) is 155 Å². The first kappa shape index (κ1) is 42.1. The van der Waals surface area contributed by atoms with Gasteiger partial charge >= 0.3 is 0 Å². The summed E-state index contributed by atoms with van der Waals surface area (Å²) in [6, 6.07) is 90.9. The van der Waals surface area contributed by atoms with Crippen LogP contribution in [0.2, 0.25) is 0 Å². The molecule has 0 saturated carbocycles. The van der Waals surface area contributed by atoms with E-state index < -0.39 is 10.8 Å². The van der Waals surface area contributed by atoms with Gasteiger partial charge in [0, 0.05) is 32.4 Å². The topological polar surface area (TPSA) is 12.5 Å². The van der Waals surface area contributed by atoms with E-state index in [1.165, 1.54) is 100 Å². The van der Waals surface area contributed by atoms with Crippen LogP contribution in [-0.2, 0) is 16.2 Å². The van der Waals surface area contributed by atoms with Crippen LogP contribution in [0.5, 0.6) is 11.5 Å². The highest BCUT2D eigenvalue weighted by Gasteiger charge is 2.54. The molecule has 0 bridgehead atoms. The molecule has 11 aromatic rings. The maximum absolute atomic E-state index is 7.47. The van der Waals surface area contributed by atoms with Crippen molar-refractivity contribution in [2.24, 2.45) is 0 Å². The Morgan fingerprint density at radius 1 is 0.324 bits per heavy atom. The van der Waals surface area contributed by atoms with E-state index in [1.54, 1.807) is 0 Å². The van der Waals surface area contributed by atoms with Crippen LogP contribution in [0.4, 0.5) is 17.1 Å². The summed E-state index contributed by atoms with van der Waals surface area (Å²) in [7, 11) is 0. The molecule has 74 heavy (non-hydrogen) atoms. The van der Waals surface area contributed by atoms with Crippen molar-refractivity contribution in [1.82, 2.24) is 0 Å². The van der Waals surface area contributed by atoms with Gasteiger partial charge in [0.1, 0.15) is 5.75 Å². The van der Waals surface area contributed by atoms with Gasteiger partial charge in [0.15, 0.2) is 5.75 Å². The number of hydrogen-bond donors (Lipinski definition) is 0. The van der Waals surface area contributed by atoms with Crippen LogP contribution in [0.3, 0.4) is 0 Å². The fourth-order valence-corrected chi connectivity index (χ4v) is 14.8. The van der Waals surface area contributed by atoms with Crippen LogP contribution in [-0.4, -0.2) is 0 Å². The zero-order valence-electron chi connectivity index (χ0n) is 40.8. The van der Waals surface area contributed by atoms with Crippen LogP contribution >= 0.6 is 15.9 Å². The molecular weight excluding hydrogens is 963 g/mol. The van der Waals surface area contributed by atoms with E-state index >= 15 is 0 Å². The summed E-state index contributed by atoms with van der Waals surface area (Å²) in [6.07, 6.45) is 0. The van der Waals surface area contributed by atoms with Gasteiger partial charge in [-0.1, -0.05) is 218 Å². The Hall–Kier alpha value is -8.50. The molecule has 1 heterocycles. The summed E-state index contributed by atoms with van der Waals surface area (Å²) in [4.78, 5) is 2.43. The summed E-state index contributed by atoms with van der Waals surface area (Å²) in [5.74, 6) is 1.70. The van der Waals surface area contributed by atoms with Crippen molar-refractivity contribution in [2.75, 3.05) is 4.90 Å². The van der Waals surface area contributed by atoms with Crippen molar-refractivity contribution >= 4 is 33.0 Å². The number of ether oxygens (including phenoxy) is 1. The second-order valence-corrected chi connectivity index (χ2v) is 22.1. The molecule has 348 valence electrons. The maximum Gasteiger partial charge on any atom is 0.156 e. The lowest BCUT2D eigenvalue weighted by atomic mass is 9.65. The first-order chi connectivity index (χ1) is 36.4. The molecule has 1 unspecified atom stereocenters. The second kappa shape index (κ2) is 15.0. The Kier molecular flexibility index (Phi) is 8.55. The molecule has 0 amide bonds. The normalized spacial score (nSPS) is 16.4. The third-order valence-electron chi connectivity index (χ3n) is 17.4. The molecule has 0 N–H and O–H groups in total. The lowest BCUT2D eigenvalue weighted by molar-refractivity contribution is 0.437. The Morgan fingerprint density at radius 2 is 0.743 bits per heavy atom. The number of fused-ring (bicyclic) bond motifs is 22. The highest BCUT2D eigenvalue weighted by Crippen LogP contribution is 2.66. The summed E-state index contributed by atoms with van der Waals surface area (Å²) < 4.78 is 8.48. The monoisotopic (exact) mass is 1010 g/mol. The molecule has 2 spiro atoms. The maximum atomic E-state index is 7.47. The number of rotatable bonds is 4. The van der Waals surface area contributed by atoms with Crippen molar-refractivity contribution in [3.63, 3.8) is 0 Å². The van der Waals surface area contributed by atoms with E-state index in [2.05, 4.69) is 277 Å². The summed E-state index contributed by atoms with van der Waals surface area (Å²) in [6.45, 7) is 4.74. The minimum absolute atomic E-state index is 0.110. The largest absolute Gasteiger partial charge is 0.454 e. The lowest BCUT2D eigenvalue weighted by Gasteiger charge is -2.41. The number of anilines is 3. The van der Waals surface area contributed by atoms with Crippen molar-refractivity contribution in [1.29, 1.82) is 0 Å². The van der Waals surface area contributed by atoms with Gasteiger partial charge in [0.25, 0.3) is 0 Å². The predicted molar refractivity (Wildman–Crippen MR) is 306 cm³/mol. The Morgan fingerprint density at radius 3 is 1.34 bits per heavy atom. The molecule has 16 rings (SSSR count). The van der Waals surface area contributed by atoms with Crippen molar-refractivity contribution in [3.05, 3.63) is 303 Å². The smallest absolute Gasteiger partial charge is 0.156 e. The number of para-hydroxylation sites is 2. The molecule has 1 atom stereocenters. The third-order valence-corrected chi connectivity index (χ3v) is 17.9. The number of benzene rings is 11. The SMILES string of the molecule is CC1(C)c2ccccc2-c2ccc(-c3ccc4c(c3)C3(c5ccccc5Oc5c(N(c6cccc(Br)c6)c6ccc7c(c6)C6(c8ccccc8-c8ccccc86)c6ccccc6-7)cccc53)c3ccccc3-4)cc21. The van der Waals surface area contributed by atoms with Crippen LogP contribution < -0.4 is 9.64 Å². The fraction of sp³-hybridized carbons (Fsp3) is 0.0704. The van der Waals surface area contributed by atoms with E-state index in [1.807, 2.05) is 0 Å². The van der Waals surface area contributed by atoms with E-state index in [0.29, 0.717) is 0 Å². The summed E-state index contributed by atoms with van der Waals surface area (Å²) in [5.41, 5.74) is 27.2. The highest BCUT2D eigenvalue weighted by molar-refractivity contribution is 9.10. The predicted octanol–water partition coefficient (Wildman–Crippen LogP) is 18.7. The van der Waals surface area contributed by atoms with E-state index in [-0.39, 0.29) is 5.41 Å². The van der Waals surface area contributed by atoms with Gasteiger partial charge in [-0.25, -0.2) is 0 Å². The molecule has 0 saturated heterocycles. The second-order valence-electron chi connectivity index (χ2n) is 21.2. The van der Waals surface area contributed by atoms with Gasteiger partial charge in [0.05, 0.1) is 16.5 Å². The summed E-state index contributed by atoms with van der Waals surface area (Å²) >= 11 is 3.91. The Bertz CT molecular complexity index is 4190. The van der Waals surface area contributed by atoms with Crippen molar-refractivity contribution in [3.8, 4) is 67.1 Å². The molecule has 0 radical (unpaired) electrons. The number of halogens is 1. The fourth-order valence-electron chi connectivity index (χ4n) is 14.4. The molecule has 3 heteroatoms. The van der Waals surface area contributed by atoms with Gasteiger partial charge in [-0.2, -0.15) is 0 Å². The van der Waals surface area contributed by atoms with E-state index in [0.717, 1.165) is 44.2 Å². The van der Waals surface area contributed by atoms with Gasteiger partial charge < -0.3 is 9.64 Å². The average Bonchev–Trinajstić information content (AvgIpc) is 4.13. The number of nitrogens with zero attached hydrogens (tertiary/aromatic N) is 1. The van der Waals surface area contributed by atoms with E-state index in [9.17, 15) is 0 Å². The van der Waals surface area contributed by atoms with Gasteiger partial charge in [0.2, 0.25) is 0 Å². The van der Waals surface area contributed by atoms with Crippen LogP contribution in [0.25, 0.3) is 55.6 Å². The minimum Gasteiger partial charge on any atom is -0.454 e. The molecule has 4 aliphatic carbocycles. The molecule has 0 aromatic heterocycles. The molecule has 11 aromatic carbocycles. The van der Waals surface area contributed by atoms with Crippen LogP contribution in [0, 0.1) is 0 Å². The first-order valence-corrected chi connectivity index (χ1v) is 26.6. The van der Waals surface area contributed by atoms with E-state index in [4.69, 9.17) is 4.74 Å². The number of hydrogen-bond acceptors (Lipinski definition) is 2. The lowest BCUT2D eigenvalue weighted by Crippen LogP contribution is -2.32. The molecule has 0 fully saturated rings. The zero-order valence-corrected chi connectivity index (χ0v) is 42.4. The molecule has 1 aliphatic heterocycles. The standard InChI is InChI=1S/C71H46BrNO/c1-69(2)56-24-8-3-19-48(56)53-36-33-43(39-63(53)69)44-34-37-54-51-22-7-12-28-60(51)71(64(54)40-44)61-29-13-14-32-67(61)74-68-62(71)30-16-31-66(68)73(46-18-15-17-45(72)41-46)47-35-38-55-52-23-6-11-27-59(52)70(65(55)42-47)57-25-9-4-20-49(57)50-21-5-10-26-58(50)70/h3-42H,1-2H3. The molecular formula is C71H46BrNO. The van der Waals surface area contributed by atoms with Crippen LogP contribution in [0.15, 0.2) is 247 Å². The first-order valence-electron chi connectivity index (χ1n) is 25.8. The Labute approximate surface area is 440 Å². The average molecular weight is 1010 g/mol. The molecule has 5 aliphatic rings. The van der Waals surface area contributed by atoms with Crippen molar-refractivity contribution in [2.45, 2.75) is 30.1 Å². The minimum atomic E-state index is -0.696. The van der Waals surface area contributed by atoms with Gasteiger partial charge in [-0.15, -0.1) is 0 Å². The molecule has 2 nitrogen and oxygen atoms in total. The quantitative estimate of drug-likeness (QED) is 0.174.